The van der Waals surface area contributed by atoms with Crippen LogP contribution in [0.25, 0.3) is 0 Å². The average Bonchev–Trinajstić information content (AvgIpc) is 2.45. The molecule has 0 bridgehead atoms. The van der Waals surface area contributed by atoms with Gasteiger partial charge in [0.15, 0.2) is 12.4 Å². The van der Waals surface area contributed by atoms with E-state index in [0.717, 1.165) is 25.8 Å². The highest BCUT2D eigenvalue weighted by molar-refractivity contribution is 5.85. The maximum absolute atomic E-state index is 10.6. The molecular formula is C16H17NO2. The largest absolute Gasteiger partial charge is 0.545 e. The molecule has 0 N–H and O–H groups in total. The summed E-state index contributed by atoms with van der Waals surface area (Å²) in [5, 5.41) is 10.6. The number of hydrogen-bond acceptors (Lipinski definition) is 2. The molecule has 0 aliphatic rings. The van der Waals surface area contributed by atoms with Crippen LogP contribution in [0.3, 0.4) is 0 Å². The van der Waals surface area contributed by atoms with Gasteiger partial charge in [-0.05, 0) is 18.4 Å². The molecule has 0 saturated carbocycles. The lowest BCUT2D eigenvalue weighted by atomic mass is 10.1. The van der Waals surface area contributed by atoms with Crippen molar-refractivity contribution in [3.8, 4) is 0 Å². The average molecular weight is 255 g/mol. The minimum atomic E-state index is -1.13. The number of carboxylic acid groups (broad SMARTS) is 1. The number of aromatic carboxylic acids is 1. The zero-order chi connectivity index (χ0) is 13.5. The van der Waals surface area contributed by atoms with Crippen molar-refractivity contribution in [3.05, 3.63) is 66.0 Å². The molecule has 0 unspecified atom stereocenters. The van der Waals surface area contributed by atoms with Crippen LogP contribution in [0.2, 0.25) is 0 Å². The van der Waals surface area contributed by atoms with Gasteiger partial charge in [0.05, 0.1) is 5.97 Å². The second kappa shape index (κ2) is 6.69. The number of hydrogen-bond donors (Lipinski definition) is 0. The van der Waals surface area contributed by atoms with E-state index in [1.54, 1.807) is 24.5 Å². The fourth-order valence-corrected chi connectivity index (χ4v) is 2.01. The molecule has 2 aromatic rings. The summed E-state index contributed by atoms with van der Waals surface area (Å²) in [6, 6.07) is 13.6. The zero-order valence-electron chi connectivity index (χ0n) is 10.8. The molecule has 0 amide bonds. The van der Waals surface area contributed by atoms with Crippen LogP contribution in [0.15, 0.2) is 54.9 Å². The molecule has 3 nitrogen and oxygen atoms in total. The summed E-state index contributed by atoms with van der Waals surface area (Å²) in [7, 11) is 0. The Morgan fingerprint density at radius 1 is 1.00 bits per heavy atom. The molecule has 1 aromatic carbocycles. The second-order valence-electron chi connectivity index (χ2n) is 4.55. The summed E-state index contributed by atoms with van der Waals surface area (Å²) >= 11 is 0. The normalized spacial score (nSPS) is 10.3. The molecule has 0 aliphatic carbocycles. The number of carbonyl (C=O) groups is 1. The molecule has 0 radical (unpaired) electrons. The van der Waals surface area contributed by atoms with Gasteiger partial charge >= 0.3 is 0 Å². The van der Waals surface area contributed by atoms with Gasteiger partial charge in [0.1, 0.15) is 6.54 Å². The van der Waals surface area contributed by atoms with Crippen LogP contribution < -0.4 is 9.67 Å². The van der Waals surface area contributed by atoms with Crippen LogP contribution in [0, 0.1) is 0 Å². The van der Waals surface area contributed by atoms with Crippen molar-refractivity contribution >= 4 is 5.97 Å². The molecule has 3 heteroatoms. The van der Waals surface area contributed by atoms with Crippen LogP contribution in [-0.4, -0.2) is 5.97 Å². The lowest BCUT2D eigenvalue weighted by molar-refractivity contribution is -0.697. The lowest BCUT2D eigenvalue weighted by Crippen LogP contribution is -2.33. The standard InChI is InChI=1S/C16H17NO2/c18-16(19)15-9-12-17(13-10-15)11-5-4-8-14-6-2-1-3-7-14/h1-3,6-7,9-10,12-13H,4-5,8,11H2. The summed E-state index contributed by atoms with van der Waals surface area (Å²) in [6.45, 7) is 0.903. The van der Waals surface area contributed by atoms with Crippen molar-refractivity contribution < 1.29 is 14.5 Å². The Hall–Kier alpha value is -2.16. The van der Waals surface area contributed by atoms with Crippen LogP contribution in [0.5, 0.6) is 0 Å². The number of pyridine rings is 1. The first-order valence-corrected chi connectivity index (χ1v) is 6.50. The molecule has 0 atom stereocenters. The van der Waals surface area contributed by atoms with Gasteiger partial charge in [0, 0.05) is 24.1 Å². The van der Waals surface area contributed by atoms with Gasteiger partial charge in [-0.1, -0.05) is 30.3 Å². The van der Waals surface area contributed by atoms with E-state index in [9.17, 15) is 9.90 Å². The van der Waals surface area contributed by atoms with E-state index in [1.165, 1.54) is 5.56 Å². The van der Waals surface area contributed by atoms with Crippen molar-refractivity contribution in [2.75, 3.05) is 0 Å². The van der Waals surface area contributed by atoms with Crippen molar-refractivity contribution in [3.63, 3.8) is 0 Å². The molecule has 0 fully saturated rings. The summed E-state index contributed by atoms with van der Waals surface area (Å²) < 4.78 is 2.00. The number of carbonyl (C=O) groups excluding carboxylic acids is 1. The van der Waals surface area contributed by atoms with E-state index in [-0.39, 0.29) is 5.56 Å². The quantitative estimate of drug-likeness (QED) is 0.578. The number of carboxylic acids is 1. The number of nitrogens with zero attached hydrogens (tertiary/aromatic N) is 1. The fraction of sp³-hybridized carbons (Fsp3) is 0.250. The molecule has 0 saturated heterocycles. The Morgan fingerprint density at radius 2 is 1.68 bits per heavy atom. The summed E-state index contributed by atoms with van der Waals surface area (Å²) in [6.07, 6.45) is 6.85. The zero-order valence-corrected chi connectivity index (χ0v) is 10.8. The monoisotopic (exact) mass is 255 g/mol. The maximum atomic E-state index is 10.6. The molecule has 98 valence electrons. The SMILES string of the molecule is O=C([O-])c1cc[n+](CCCCc2ccccc2)cc1. The fourth-order valence-electron chi connectivity index (χ4n) is 2.01. The number of unbranched alkanes of at least 4 members (excludes halogenated alkanes) is 1. The Morgan fingerprint density at radius 3 is 2.32 bits per heavy atom. The van der Waals surface area contributed by atoms with Crippen LogP contribution in [0.4, 0.5) is 0 Å². The molecule has 1 aromatic heterocycles. The third-order valence-corrected chi connectivity index (χ3v) is 3.10. The summed E-state index contributed by atoms with van der Waals surface area (Å²) in [5.41, 5.74) is 1.58. The van der Waals surface area contributed by atoms with E-state index < -0.39 is 5.97 Å². The topological polar surface area (TPSA) is 44.0 Å². The highest BCUT2D eigenvalue weighted by Gasteiger charge is 2.01. The molecular weight excluding hydrogens is 238 g/mol. The first-order valence-electron chi connectivity index (χ1n) is 6.50. The highest BCUT2D eigenvalue weighted by atomic mass is 16.4. The highest BCUT2D eigenvalue weighted by Crippen LogP contribution is 2.04. The molecule has 1 heterocycles. The molecule has 19 heavy (non-hydrogen) atoms. The Kier molecular flexibility index (Phi) is 4.67. The minimum absolute atomic E-state index is 0.223. The lowest BCUT2D eigenvalue weighted by Gasteiger charge is -2.02. The molecule has 0 spiro atoms. The Bertz CT molecular complexity index is 520. The molecule has 0 aliphatic heterocycles. The van der Waals surface area contributed by atoms with Crippen LogP contribution in [0.1, 0.15) is 28.8 Å². The van der Waals surface area contributed by atoms with Crippen molar-refractivity contribution in [1.82, 2.24) is 0 Å². The van der Waals surface area contributed by atoms with E-state index in [4.69, 9.17) is 0 Å². The van der Waals surface area contributed by atoms with Gasteiger partial charge in [-0.2, -0.15) is 0 Å². The van der Waals surface area contributed by atoms with E-state index in [2.05, 4.69) is 24.3 Å². The van der Waals surface area contributed by atoms with Crippen molar-refractivity contribution in [1.29, 1.82) is 0 Å². The van der Waals surface area contributed by atoms with E-state index >= 15 is 0 Å². The van der Waals surface area contributed by atoms with Gasteiger partial charge in [-0.25, -0.2) is 4.57 Å². The van der Waals surface area contributed by atoms with Crippen LogP contribution >= 0.6 is 0 Å². The number of aryl methyl sites for hydroxylation is 2. The first kappa shape index (κ1) is 13.3. The predicted octanol–water partition coefficient (Wildman–Crippen LogP) is 1.36. The summed E-state index contributed by atoms with van der Waals surface area (Å²) in [4.78, 5) is 10.6. The number of aromatic nitrogens is 1. The third-order valence-electron chi connectivity index (χ3n) is 3.10. The van der Waals surface area contributed by atoms with Crippen LogP contribution in [-0.2, 0) is 13.0 Å². The summed E-state index contributed by atoms with van der Waals surface area (Å²) in [5.74, 6) is -1.13. The number of rotatable bonds is 6. The van der Waals surface area contributed by atoms with Crippen molar-refractivity contribution in [2.45, 2.75) is 25.8 Å². The van der Waals surface area contributed by atoms with E-state index in [0.29, 0.717) is 0 Å². The van der Waals surface area contributed by atoms with Gasteiger partial charge in [-0.3, -0.25) is 0 Å². The van der Waals surface area contributed by atoms with Gasteiger partial charge in [-0.15, -0.1) is 0 Å². The smallest absolute Gasteiger partial charge is 0.169 e. The Labute approximate surface area is 113 Å². The maximum Gasteiger partial charge on any atom is 0.169 e. The van der Waals surface area contributed by atoms with E-state index in [1.807, 2.05) is 10.6 Å². The predicted molar refractivity (Wildman–Crippen MR) is 70.3 cm³/mol. The van der Waals surface area contributed by atoms with Gasteiger partial charge in [0.2, 0.25) is 0 Å². The van der Waals surface area contributed by atoms with Gasteiger partial charge < -0.3 is 9.90 Å². The second-order valence-corrected chi connectivity index (χ2v) is 4.55. The van der Waals surface area contributed by atoms with Gasteiger partial charge in [0.25, 0.3) is 0 Å². The van der Waals surface area contributed by atoms with Crippen molar-refractivity contribution in [2.24, 2.45) is 0 Å². The third kappa shape index (κ3) is 4.21. The first-order chi connectivity index (χ1) is 9.25. The number of benzene rings is 1. The molecule has 2 rings (SSSR count). The Balaban J connectivity index is 1.75. The minimum Gasteiger partial charge on any atom is -0.545 e.